The standard InChI is InChI=1S/C13H18O5/c1-4-17-13(14)10-5-6-11(12(9-10)16-3)18-8-7-15-2/h5-6,9H,4,7-8H2,1-3H3. The Morgan fingerprint density at radius 1 is 1.17 bits per heavy atom. The predicted octanol–water partition coefficient (Wildman–Crippen LogP) is 1.90. The van der Waals surface area contributed by atoms with Gasteiger partial charge < -0.3 is 18.9 Å². The van der Waals surface area contributed by atoms with E-state index in [1.807, 2.05) is 0 Å². The molecule has 0 aliphatic carbocycles. The summed E-state index contributed by atoms with van der Waals surface area (Å²) in [5.41, 5.74) is 0.438. The molecule has 1 aromatic carbocycles. The third kappa shape index (κ3) is 3.92. The van der Waals surface area contributed by atoms with Crippen molar-refractivity contribution in [2.24, 2.45) is 0 Å². The van der Waals surface area contributed by atoms with Gasteiger partial charge in [-0.3, -0.25) is 0 Å². The number of carbonyl (C=O) groups is 1. The Bertz CT molecular complexity index is 389. The molecule has 0 radical (unpaired) electrons. The monoisotopic (exact) mass is 254 g/mol. The Balaban J connectivity index is 2.79. The minimum Gasteiger partial charge on any atom is -0.493 e. The van der Waals surface area contributed by atoms with Crippen LogP contribution in [-0.2, 0) is 9.47 Å². The number of benzene rings is 1. The summed E-state index contributed by atoms with van der Waals surface area (Å²) in [4.78, 5) is 11.5. The highest BCUT2D eigenvalue weighted by atomic mass is 16.5. The zero-order chi connectivity index (χ0) is 13.4. The summed E-state index contributed by atoms with van der Waals surface area (Å²) in [5, 5.41) is 0. The summed E-state index contributed by atoms with van der Waals surface area (Å²) in [6.07, 6.45) is 0. The van der Waals surface area contributed by atoms with Crippen LogP contribution in [0.3, 0.4) is 0 Å². The number of rotatable bonds is 7. The van der Waals surface area contributed by atoms with Gasteiger partial charge in [-0.25, -0.2) is 4.79 Å². The largest absolute Gasteiger partial charge is 0.493 e. The first-order valence-corrected chi connectivity index (χ1v) is 5.69. The van der Waals surface area contributed by atoms with E-state index >= 15 is 0 Å². The molecule has 0 saturated heterocycles. The van der Waals surface area contributed by atoms with E-state index in [2.05, 4.69) is 0 Å². The number of esters is 1. The fourth-order valence-electron chi connectivity index (χ4n) is 1.36. The lowest BCUT2D eigenvalue weighted by Crippen LogP contribution is -2.07. The van der Waals surface area contributed by atoms with Crippen molar-refractivity contribution in [2.75, 3.05) is 34.0 Å². The Labute approximate surface area is 107 Å². The molecule has 0 spiro atoms. The van der Waals surface area contributed by atoms with Crippen molar-refractivity contribution in [1.82, 2.24) is 0 Å². The minimum atomic E-state index is -0.376. The molecule has 100 valence electrons. The molecule has 0 fully saturated rings. The van der Waals surface area contributed by atoms with Crippen LogP contribution in [0.4, 0.5) is 0 Å². The lowest BCUT2D eigenvalue weighted by molar-refractivity contribution is 0.0526. The first-order valence-electron chi connectivity index (χ1n) is 5.69. The van der Waals surface area contributed by atoms with Crippen molar-refractivity contribution >= 4 is 5.97 Å². The zero-order valence-corrected chi connectivity index (χ0v) is 10.9. The number of carbonyl (C=O) groups excluding carboxylic acids is 1. The average molecular weight is 254 g/mol. The fraction of sp³-hybridized carbons (Fsp3) is 0.462. The molecule has 0 heterocycles. The summed E-state index contributed by atoms with van der Waals surface area (Å²) < 4.78 is 20.4. The zero-order valence-electron chi connectivity index (χ0n) is 10.9. The molecule has 0 aliphatic rings. The topological polar surface area (TPSA) is 54.0 Å². The summed E-state index contributed by atoms with van der Waals surface area (Å²) in [6, 6.07) is 4.92. The van der Waals surface area contributed by atoms with Crippen LogP contribution in [0.5, 0.6) is 11.5 Å². The Hall–Kier alpha value is -1.75. The normalized spacial score (nSPS) is 9.94. The van der Waals surface area contributed by atoms with Gasteiger partial charge in [0, 0.05) is 7.11 Å². The van der Waals surface area contributed by atoms with Gasteiger partial charge in [0.2, 0.25) is 0 Å². The van der Waals surface area contributed by atoms with Gasteiger partial charge in [-0.2, -0.15) is 0 Å². The average Bonchev–Trinajstić information content (AvgIpc) is 2.39. The lowest BCUT2D eigenvalue weighted by Gasteiger charge is -2.11. The summed E-state index contributed by atoms with van der Waals surface area (Å²) in [6.45, 7) is 3.01. The summed E-state index contributed by atoms with van der Waals surface area (Å²) in [5.74, 6) is 0.693. The second kappa shape index (κ2) is 7.55. The van der Waals surface area contributed by atoms with E-state index in [0.29, 0.717) is 36.9 Å². The van der Waals surface area contributed by atoms with E-state index < -0.39 is 0 Å². The van der Waals surface area contributed by atoms with Crippen molar-refractivity contribution in [3.05, 3.63) is 23.8 Å². The summed E-state index contributed by atoms with van der Waals surface area (Å²) in [7, 11) is 3.12. The molecule has 18 heavy (non-hydrogen) atoms. The summed E-state index contributed by atoms with van der Waals surface area (Å²) >= 11 is 0. The predicted molar refractivity (Wildman–Crippen MR) is 66.3 cm³/mol. The van der Waals surface area contributed by atoms with Crippen molar-refractivity contribution in [2.45, 2.75) is 6.92 Å². The third-order valence-corrected chi connectivity index (χ3v) is 2.22. The molecule has 1 aromatic rings. The van der Waals surface area contributed by atoms with Crippen molar-refractivity contribution in [3.8, 4) is 11.5 Å². The molecule has 0 saturated carbocycles. The second-order valence-electron chi connectivity index (χ2n) is 3.43. The SMILES string of the molecule is CCOC(=O)c1ccc(OCCOC)c(OC)c1. The molecule has 0 aliphatic heterocycles. The van der Waals surface area contributed by atoms with Crippen LogP contribution >= 0.6 is 0 Å². The number of methoxy groups -OCH3 is 2. The van der Waals surface area contributed by atoms with Crippen LogP contribution in [0.2, 0.25) is 0 Å². The maximum atomic E-state index is 11.5. The van der Waals surface area contributed by atoms with Gasteiger partial charge in [-0.15, -0.1) is 0 Å². The van der Waals surface area contributed by atoms with Crippen LogP contribution in [0.15, 0.2) is 18.2 Å². The van der Waals surface area contributed by atoms with Gasteiger partial charge in [0.1, 0.15) is 6.61 Å². The van der Waals surface area contributed by atoms with Crippen molar-refractivity contribution in [3.63, 3.8) is 0 Å². The minimum absolute atomic E-state index is 0.341. The van der Waals surface area contributed by atoms with E-state index in [-0.39, 0.29) is 5.97 Å². The van der Waals surface area contributed by atoms with Crippen LogP contribution < -0.4 is 9.47 Å². The number of ether oxygens (including phenoxy) is 4. The van der Waals surface area contributed by atoms with Gasteiger partial charge in [-0.05, 0) is 25.1 Å². The molecule has 0 bridgehead atoms. The van der Waals surface area contributed by atoms with E-state index in [0.717, 1.165) is 0 Å². The molecule has 0 aromatic heterocycles. The lowest BCUT2D eigenvalue weighted by atomic mass is 10.2. The van der Waals surface area contributed by atoms with E-state index in [1.165, 1.54) is 7.11 Å². The number of hydrogen-bond donors (Lipinski definition) is 0. The van der Waals surface area contributed by atoms with Gasteiger partial charge in [-0.1, -0.05) is 0 Å². The first kappa shape index (κ1) is 14.3. The van der Waals surface area contributed by atoms with Crippen LogP contribution in [0.25, 0.3) is 0 Å². The molecule has 0 amide bonds. The van der Waals surface area contributed by atoms with Crippen molar-refractivity contribution in [1.29, 1.82) is 0 Å². The van der Waals surface area contributed by atoms with Gasteiger partial charge in [0.05, 0.1) is 25.9 Å². The molecule has 0 N–H and O–H groups in total. The van der Waals surface area contributed by atoms with E-state index in [4.69, 9.17) is 18.9 Å². The highest BCUT2D eigenvalue weighted by molar-refractivity contribution is 5.90. The van der Waals surface area contributed by atoms with E-state index in [9.17, 15) is 4.79 Å². The third-order valence-electron chi connectivity index (χ3n) is 2.22. The first-order chi connectivity index (χ1) is 8.72. The van der Waals surface area contributed by atoms with Crippen LogP contribution in [-0.4, -0.2) is 40.0 Å². The highest BCUT2D eigenvalue weighted by Gasteiger charge is 2.11. The van der Waals surface area contributed by atoms with E-state index in [1.54, 1.807) is 32.2 Å². The second-order valence-corrected chi connectivity index (χ2v) is 3.43. The molecular weight excluding hydrogens is 236 g/mol. The van der Waals surface area contributed by atoms with Crippen LogP contribution in [0, 0.1) is 0 Å². The quantitative estimate of drug-likeness (QED) is 0.549. The maximum Gasteiger partial charge on any atom is 0.338 e. The molecule has 5 nitrogen and oxygen atoms in total. The van der Waals surface area contributed by atoms with Gasteiger partial charge in [0.25, 0.3) is 0 Å². The molecule has 0 unspecified atom stereocenters. The molecule has 1 rings (SSSR count). The Morgan fingerprint density at radius 3 is 2.56 bits per heavy atom. The smallest absolute Gasteiger partial charge is 0.338 e. The van der Waals surface area contributed by atoms with Crippen molar-refractivity contribution < 1.29 is 23.7 Å². The maximum absolute atomic E-state index is 11.5. The molecule has 5 heteroatoms. The number of hydrogen-bond acceptors (Lipinski definition) is 5. The Kier molecular flexibility index (Phi) is 6.00. The molecule has 0 atom stereocenters. The van der Waals surface area contributed by atoms with Gasteiger partial charge in [0.15, 0.2) is 11.5 Å². The van der Waals surface area contributed by atoms with Gasteiger partial charge >= 0.3 is 5.97 Å². The molecular formula is C13H18O5. The van der Waals surface area contributed by atoms with Crippen LogP contribution in [0.1, 0.15) is 17.3 Å². The highest BCUT2D eigenvalue weighted by Crippen LogP contribution is 2.28. The fourth-order valence-corrected chi connectivity index (χ4v) is 1.36. The Morgan fingerprint density at radius 2 is 1.94 bits per heavy atom.